The Morgan fingerprint density at radius 3 is 3.00 bits per heavy atom. The van der Waals surface area contributed by atoms with Gasteiger partial charge in [0.25, 0.3) is 5.91 Å². The van der Waals surface area contributed by atoms with Gasteiger partial charge < -0.3 is 14.1 Å². The zero-order chi connectivity index (χ0) is 16.7. The molecule has 0 aliphatic carbocycles. The number of oxazole rings is 1. The van der Waals surface area contributed by atoms with E-state index in [0.29, 0.717) is 18.1 Å². The van der Waals surface area contributed by atoms with Crippen molar-refractivity contribution < 1.29 is 13.9 Å². The molecule has 4 rings (SSSR count). The molecular weight excluding hydrogens is 346 g/mol. The largest absolute Gasteiger partial charge is 0.438 e. The van der Waals surface area contributed by atoms with Gasteiger partial charge in [-0.25, -0.2) is 9.97 Å². The molecule has 1 amide bonds. The van der Waals surface area contributed by atoms with E-state index in [2.05, 4.69) is 15.3 Å². The van der Waals surface area contributed by atoms with E-state index in [4.69, 9.17) is 9.15 Å². The smallest absolute Gasteiger partial charge is 0.291 e. The van der Waals surface area contributed by atoms with Crippen molar-refractivity contribution in [1.29, 1.82) is 0 Å². The quantitative estimate of drug-likeness (QED) is 0.830. The summed E-state index contributed by atoms with van der Waals surface area (Å²) in [5, 5.41) is 3.12. The first-order valence-electron chi connectivity index (χ1n) is 7.91. The van der Waals surface area contributed by atoms with E-state index < -0.39 is 0 Å². The zero-order valence-electron chi connectivity index (χ0n) is 13.7. The number of rotatable bonds is 4. The van der Waals surface area contributed by atoms with Crippen molar-refractivity contribution in [2.45, 2.75) is 37.7 Å². The molecule has 2 aromatic rings. The van der Waals surface area contributed by atoms with Crippen LogP contribution in [0.2, 0.25) is 0 Å². The Kier molecular flexibility index (Phi) is 4.14. The van der Waals surface area contributed by atoms with Crippen molar-refractivity contribution in [3.05, 3.63) is 33.9 Å². The molecule has 1 atom stereocenters. The van der Waals surface area contributed by atoms with Gasteiger partial charge in [-0.15, -0.1) is 23.1 Å². The minimum absolute atomic E-state index is 0.0569. The maximum Gasteiger partial charge on any atom is 0.291 e. The molecule has 1 spiro atoms. The Morgan fingerprint density at radius 2 is 2.33 bits per heavy atom. The van der Waals surface area contributed by atoms with Gasteiger partial charge in [0.2, 0.25) is 5.76 Å². The van der Waals surface area contributed by atoms with E-state index in [1.54, 1.807) is 18.3 Å². The third kappa shape index (κ3) is 2.98. The number of aromatic nitrogens is 2. The number of carbonyl (C=O) groups is 1. The van der Waals surface area contributed by atoms with Crippen LogP contribution in [0.25, 0.3) is 0 Å². The standard InChI is InChI=1S/C16H19N3O3S2/c1-10-14(22-9-17-10)15(20)19-7-16(8-19)3-13(6-24-16)21-4-12-5-23-11(2)18-12/h5,9,13H,3-4,6-8H2,1-2H3/t13-/m0/s1. The molecule has 2 saturated heterocycles. The van der Waals surface area contributed by atoms with Crippen molar-refractivity contribution in [2.24, 2.45) is 0 Å². The number of likely N-dealkylation sites (tertiary alicyclic amines) is 1. The predicted octanol–water partition coefficient (Wildman–Crippen LogP) is 2.66. The summed E-state index contributed by atoms with van der Waals surface area (Å²) in [4.78, 5) is 22.6. The summed E-state index contributed by atoms with van der Waals surface area (Å²) < 4.78 is 11.4. The van der Waals surface area contributed by atoms with Crippen LogP contribution in [0.15, 0.2) is 16.2 Å². The highest BCUT2D eigenvalue weighted by Gasteiger charge is 2.51. The highest BCUT2D eigenvalue weighted by Crippen LogP contribution is 2.46. The van der Waals surface area contributed by atoms with Crippen LogP contribution in [0.4, 0.5) is 0 Å². The molecule has 0 radical (unpaired) electrons. The predicted molar refractivity (Wildman–Crippen MR) is 92.4 cm³/mol. The summed E-state index contributed by atoms with van der Waals surface area (Å²) in [6, 6.07) is 0. The summed E-state index contributed by atoms with van der Waals surface area (Å²) in [7, 11) is 0. The van der Waals surface area contributed by atoms with E-state index in [9.17, 15) is 4.79 Å². The molecule has 4 heterocycles. The lowest BCUT2D eigenvalue weighted by Gasteiger charge is -2.47. The van der Waals surface area contributed by atoms with Crippen LogP contribution in [-0.4, -0.2) is 50.5 Å². The molecule has 0 aromatic carbocycles. The summed E-state index contributed by atoms with van der Waals surface area (Å²) in [5.74, 6) is 1.28. The van der Waals surface area contributed by atoms with Crippen LogP contribution < -0.4 is 0 Å². The molecule has 128 valence electrons. The first-order valence-corrected chi connectivity index (χ1v) is 9.77. The van der Waals surface area contributed by atoms with Gasteiger partial charge in [-0.1, -0.05) is 0 Å². The van der Waals surface area contributed by atoms with Gasteiger partial charge in [0, 0.05) is 24.2 Å². The second kappa shape index (κ2) is 6.16. The molecular formula is C16H19N3O3S2. The lowest BCUT2D eigenvalue weighted by Crippen LogP contribution is -2.60. The van der Waals surface area contributed by atoms with Crippen LogP contribution in [0.3, 0.4) is 0 Å². The molecule has 0 N–H and O–H groups in total. The number of nitrogens with zero attached hydrogens (tertiary/aromatic N) is 3. The number of amides is 1. The van der Waals surface area contributed by atoms with Crippen molar-refractivity contribution in [2.75, 3.05) is 18.8 Å². The van der Waals surface area contributed by atoms with E-state index in [1.165, 1.54) is 6.39 Å². The van der Waals surface area contributed by atoms with E-state index in [0.717, 1.165) is 36.0 Å². The zero-order valence-corrected chi connectivity index (χ0v) is 15.3. The fourth-order valence-corrected chi connectivity index (χ4v) is 5.40. The van der Waals surface area contributed by atoms with Gasteiger partial charge in [-0.05, 0) is 20.3 Å². The topological polar surface area (TPSA) is 68.5 Å². The Labute approximate surface area is 148 Å². The van der Waals surface area contributed by atoms with Gasteiger partial charge in [0.1, 0.15) is 0 Å². The molecule has 0 unspecified atom stereocenters. The Bertz CT molecular complexity index is 751. The lowest BCUT2D eigenvalue weighted by atomic mass is 9.92. The van der Waals surface area contributed by atoms with Crippen molar-refractivity contribution in [1.82, 2.24) is 14.9 Å². The number of hydrogen-bond acceptors (Lipinski definition) is 7. The maximum absolute atomic E-state index is 12.4. The van der Waals surface area contributed by atoms with Gasteiger partial charge in [-0.2, -0.15) is 0 Å². The van der Waals surface area contributed by atoms with Crippen LogP contribution in [-0.2, 0) is 11.3 Å². The van der Waals surface area contributed by atoms with Crippen LogP contribution in [0, 0.1) is 13.8 Å². The second-order valence-corrected chi connectivity index (χ2v) is 8.97. The average molecular weight is 365 g/mol. The number of carbonyl (C=O) groups excluding carboxylic acids is 1. The minimum Gasteiger partial charge on any atom is -0.438 e. The number of thiazole rings is 1. The Morgan fingerprint density at radius 1 is 1.50 bits per heavy atom. The summed E-state index contributed by atoms with van der Waals surface area (Å²) in [6.07, 6.45) is 2.55. The molecule has 0 saturated carbocycles. The van der Waals surface area contributed by atoms with Crippen LogP contribution in [0.1, 0.15) is 33.4 Å². The Balaban J connectivity index is 1.28. The summed E-state index contributed by atoms with van der Waals surface area (Å²) in [5.41, 5.74) is 1.66. The van der Waals surface area contributed by atoms with E-state index >= 15 is 0 Å². The average Bonchev–Trinajstić information content (AvgIpc) is 3.22. The van der Waals surface area contributed by atoms with Gasteiger partial charge in [0.05, 0.1) is 33.9 Å². The van der Waals surface area contributed by atoms with Crippen LogP contribution >= 0.6 is 23.1 Å². The highest BCUT2D eigenvalue weighted by atomic mass is 32.2. The van der Waals surface area contributed by atoms with Crippen molar-refractivity contribution in [3.63, 3.8) is 0 Å². The SMILES string of the molecule is Cc1nc(CO[C@@H]2CSC3(C2)CN(C(=O)c2ocnc2C)C3)cs1. The third-order valence-electron chi connectivity index (χ3n) is 4.49. The fraction of sp³-hybridized carbons (Fsp3) is 0.562. The molecule has 2 fully saturated rings. The first-order chi connectivity index (χ1) is 11.5. The van der Waals surface area contributed by atoms with E-state index in [-0.39, 0.29) is 16.8 Å². The monoisotopic (exact) mass is 365 g/mol. The molecule has 2 aliphatic rings. The van der Waals surface area contributed by atoms with Gasteiger partial charge >= 0.3 is 0 Å². The van der Waals surface area contributed by atoms with E-state index in [1.807, 2.05) is 23.6 Å². The molecule has 0 bridgehead atoms. The van der Waals surface area contributed by atoms with Gasteiger partial charge in [0.15, 0.2) is 6.39 Å². The van der Waals surface area contributed by atoms with Gasteiger partial charge in [-0.3, -0.25) is 4.79 Å². The molecule has 8 heteroatoms. The highest BCUT2D eigenvalue weighted by molar-refractivity contribution is 8.01. The van der Waals surface area contributed by atoms with Crippen molar-refractivity contribution in [3.8, 4) is 0 Å². The number of ether oxygens (including phenoxy) is 1. The van der Waals surface area contributed by atoms with Crippen LogP contribution in [0.5, 0.6) is 0 Å². The fourth-order valence-electron chi connectivity index (χ4n) is 3.25. The number of hydrogen-bond donors (Lipinski definition) is 0. The maximum atomic E-state index is 12.4. The normalized spacial score (nSPS) is 22.1. The summed E-state index contributed by atoms with van der Waals surface area (Å²) >= 11 is 3.57. The molecule has 2 aromatic heterocycles. The Hall–Kier alpha value is -1.38. The lowest BCUT2D eigenvalue weighted by molar-refractivity contribution is 0.0234. The molecule has 2 aliphatic heterocycles. The first kappa shape index (κ1) is 16.1. The third-order valence-corrected chi connectivity index (χ3v) is 6.89. The summed E-state index contributed by atoms with van der Waals surface area (Å²) in [6.45, 7) is 5.88. The number of aryl methyl sites for hydroxylation is 2. The number of thioether (sulfide) groups is 1. The minimum atomic E-state index is -0.0569. The second-order valence-electron chi connectivity index (χ2n) is 6.42. The molecule has 6 nitrogen and oxygen atoms in total. The molecule has 24 heavy (non-hydrogen) atoms. The van der Waals surface area contributed by atoms with Crippen molar-refractivity contribution >= 4 is 29.0 Å².